The van der Waals surface area contributed by atoms with Crippen molar-refractivity contribution in [2.45, 2.75) is 23.8 Å². The van der Waals surface area contributed by atoms with Crippen molar-refractivity contribution in [3.63, 3.8) is 0 Å². The SMILES string of the molecule is CS(=O)(=O)c1ccccc1-c1ccc(NC(=O)C2CCCN2C(=O)Nc2ccc(Cl)cn2)c(F)c1. The zero-order valence-corrected chi connectivity index (χ0v) is 20.2. The van der Waals surface area contributed by atoms with Gasteiger partial charge in [0.2, 0.25) is 5.91 Å². The average Bonchev–Trinajstić information content (AvgIpc) is 3.32. The summed E-state index contributed by atoms with van der Waals surface area (Å²) in [7, 11) is -3.52. The Morgan fingerprint density at radius 3 is 2.57 bits per heavy atom. The van der Waals surface area contributed by atoms with E-state index >= 15 is 0 Å². The molecule has 11 heteroatoms. The third-order valence-corrected chi connectivity index (χ3v) is 6.98. The van der Waals surface area contributed by atoms with Crippen molar-refractivity contribution in [2.24, 2.45) is 0 Å². The molecule has 1 unspecified atom stereocenters. The van der Waals surface area contributed by atoms with Crippen molar-refractivity contribution in [3.05, 3.63) is 71.6 Å². The highest BCUT2D eigenvalue weighted by Gasteiger charge is 2.34. The summed E-state index contributed by atoms with van der Waals surface area (Å²) < 4.78 is 39.1. The number of hydrogen-bond acceptors (Lipinski definition) is 5. The zero-order chi connectivity index (χ0) is 25.2. The first-order chi connectivity index (χ1) is 16.6. The smallest absolute Gasteiger partial charge is 0.322 e. The van der Waals surface area contributed by atoms with Crippen LogP contribution < -0.4 is 10.6 Å². The van der Waals surface area contributed by atoms with Crippen LogP contribution in [0.15, 0.2) is 65.7 Å². The fraction of sp³-hybridized carbons (Fsp3) is 0.208. The van der Waals surface area contributed by atoms with Crippen LogP contribution in [0.5, 0.6) is 0 Å². The van der Waals surface area contributed by atoms with E-state index in [1.807, 2.05) is 0 Å². The molecule has 2 N–H and O–H groups in total. The summed E-state index contributed by atoms with van der Waals surface area (Å²) in [5, 5.41) is 5.60. The van der Waals surface area contributed by atoms with Crippen molar-refractivity contribution >= 4 is 44.9 Å². The van der Waals surface area contributed by atoms with Gasteiger partial charge in [0, 0.05) is 24.6 Å². The van der Waals surface area contributed by atoms with E-state index in [0.717, 1.165) is 6.26 Å². The normalized spacial score (nSPS) is 15.6. The van der Waals surface area contributed by atoms with Gasteiger partial charge in [-0.05, 0) is 48.7 Å². The van der Waals surface area contributed by atoms with Crippen LogP contribution in [0.2, 0.25) is 5.02 Å². The van der Waals surface area contributed by atoms with E-state index < -0.39 is 33.6 Å². The van der Waals surface area contributed by atoms with Gasteiger partial charge in [-0.1, -0.05) is 35.9 Å². The van der Waals surface area contributed by atoms with E-state index in [2.05, 4.69) is 15.6 Å². The minimum absolute atomic E-state index is 0.0674. The number of urea groups is 1. The number of likely N-dealkylation sites (tertiary alicyclic amines) is 1. The summed E-state index contributed by atoms with van der Waals surface area (Å²) in [5.74, 6) is -0.954. The molecule has 0 radical (unpaired) electrons. The van der Waals surface area contributed by atoms with Gasteiger partial charge in [-0.3, -0.25) is 10.1 Å². The summed E-state index contributed by atoms with van der Waals surface area (Å²) in [6.07, 6.45) is 3.52. The summed E-state index contributed by atoms with van der Waals surface area (Å²) >= 11 is 5.81. The molecule has 3 amide bonds. The van der Waals surface area contributed by atoms with Gasteiger partial charge in [0.15, 0.2) is 9.84 Å². The Balaban J connectivity index is 1.49. The van der Waals surface area contributed by atoms with E-state index in [0.29, 0.717) is 41.4 Å². The maximum absolute atomic E-state index is 14.9. The van der Waals surface area contributed by atoms with Crippen LogP contribution in [0, 0.1) is 5.82 Å². The van der Waals surface area contributed by atoms with Crippen LogP contribution in [-0.2, 0) is 14.6 Å². The van der Waals surface area contributed by atoms with Gasteiger partial charge >= 0.3 is 6.03 Å². The number of nitrogens with zero attached hydrogens (tertiary/aromatic N) is 2. The van der Waals surface area contributed by atoms with Crippen molar-refractivity contribution in [1.82, 2.24) is 9.88 Å². The number of benzene rings is 2. The molecule has 2 heterocycles. The number of halogens is 2. The molecule has 1 saturated heterocycles. The Kier molecular flexibility index (Phi) is 7.04. The van der Waals surface area contributed by atoms with Crippen molar-refractivity contribution < 1.29 is 22.4 Å². The number of nitrogens with one attached hydrogen (secondary N) is 2. The second kappa shape index (κ2) is 10.0. The number of anilines is 2. The molecule has 4 rings (SSSR count). The van der Waals surface area contributed by atoms with Gasteiger partial charge in [-0.2, -0.15) is 0 Å². The van der Waals surface area contributed by atoms with Crippen LogP contribution >= 0.6 is 11.6 Å². The number of aromatic nitrogens is 1. The number of pyridine rings is 1. The second-order valence-corrected chi connectivity index (χ2v) is 10.5. The first kappa shape index (κ1) is 24.6. The van der Waals surface area contributed by atoms with E-state index in [1.165, 1.54) is 35.4 Å². The third kappa shape index (κ3) is 5.60. The molecule has 0 aliphatic carbocycles. The van der Waals surface area contributed by atoms with Crippen LogP contribution in [0.1, 0.15) is 12.8 Å². The Morgan fingerprint density at radius 1 is 1.11 bits per heavy atom. The highest BCUT2D eigenvalue weighted by Crippen LogP contribution is 2.30. The highest BCUT2D eigenvalue weighted by molar-refractivity contribution is 7.90. The predicted molar refractivity (Wildman–Crippen MR) is 132 cm³/mol. The van der Waals surface area contributed by atoms with Gasteiger partial charge in [0.1, 0.15) is 17.7 Å². The quantitative estimate of drug-likeness (QED) is 0.516. The number of carbonyl (C=O) groups excluding carboxylic acids is 2. The minimum atomic E-state index is -3.52. The molecule has 2 aromatic carbocycles. The van der Waals surface area contributed by atoms with Gasteiger partial charge < -0.3 is 10.2 Å². The first-order valence-corrected chi connectivity index (χ1v) is 13.0. The largest absolute Gasteiger partial charge is 0.323 e. The standard InChI is InChI=1S/C24H22ClFN4O4S/c1-35(33,34)21-7-3-2-5-17(21)15-8-10-19(18(26)13-15)28-23(31)20-6-4-12-30(20)24(32)29-22-11-9-16(25)14-27-22/h2-3,5,7-11,13-14,20H,4,6,12H2,1H3,(H,28,31)(H,27,29,32). The molecular formula is C24H22ClFN4O4S. The summed E-state index contributed by atoms with van der Waals surface area (Å²) in [6, 6.07) is 12.2. The number of hydrogen-bond donors (Lipinski definition) is 2. The van der Waals surface area contributed by atoms with Crippen LogP contribution in [0.25, 0.3) is 11.1 Å². The van der Waals surface area contributed by atoms with E-state index in [4.69, 9.17) is 11.6 Å². The molecular weight excluding hydrogens is 495 g/mol. The Labute approximate surface area is 207 Å². The van der Waals surface area contributed by atoms with E-state index in [9.17, 15) is 22.4 Å². The molecule has 0 spiro atoms. The van der Waals surface area contributed by atoms with Crippen LogP contribution in [0.4, 0.5) is 20.7 Å². The zero-order valence-electron chi connectivity index (χ0n) is 18.7. The molecule has 1 aliphatic rings. The molecule has 0 bridgehead atoms. The van der Waals surface area contributed by atoms with Gasteiger partial charge in [0.25, 0.3) is 0 Å². The molecule has 35 heavy (non-hydrogen) atoms. The van der Waals surface area contributed by atoms with Gasteiger partial charge in [-0.15, -0.1) is 0 Å². The molecule has 182 valence electrons. The molecule has 1 aliphatic heterocycles. The number of rotatable bonds is 5. The van der Waals surface area contributed by atoms with E-state index in [1.54, 1.807) is 30.3 Å². The molecule has 1 aromatic heterocycles. The van der Waals surface area contributed by atoms with Crippen LogP contribution in [0.3, 0.4) is 0 Å². The lowest BCUT2D eigenvalue weighted by Gasteiger charge is -2.24. The maximum atomic E-state index is 14.9. The third-order valence-electron chi connectivity index (χ3n) is 5.60. The van der Waals surface area contributed by atoms with Crippen LogP contribution in [-0.4, -0.2) is 49.1 Å². The van der Waals surface area contributed by atoms with Crippen molar-refractivity contribution in [2.75, 3.05) is 23.4 Å². The Hall–Kier alpha value is -3.50. The average molecular weight is 517 g/mol. The summed E-state index contributed by atoms with van der Waals surface area (Å²) in [4.78, 5) is 31.1. The Morgan fingerprint density at radius 2 is 1.89 bits per heavy atom. The maximum Gasteiger partial charge on any atom is 0.323 e. The number of amides is 3. The lowest BCUT2D eigenvalue weighted by Crippen LogP contribution is -2.45. The van der Waals surface area contributed by atoms with E-state index in [-0.39, 0.29) is 10.6 Å². The van der Waals surface area contributed by atoms with Crippen molar-refractivity contribution in [1.29, 1.82) is 0 Å². The monoisotopic (exact) mass is 516 g/mol. The second-order valence-electron chi connectivity index (χ2n) is 8.10. The fourth-order valence-electron chi connectivity index (χ4n) is 3.94. The number of sulfone groups is 1. The van der Waals surface area contributed by atoms with Gasteiger partial charge in [0.05, 0.1) is 15.6 Å². The fourth-order valence-corrected chi connectivity index (χ4v) is 4.96. The molecule has 3 aromatic rings. The molecule has 0 saturated carbocycles. The molecule has 8 nitrogen and oxygen atoms in total. The highest BCUT2D eigenvalue weighted by atomic mass is 35.5. The van der Waals surface area contributed by atoms with Gasteiger partial charge in [-0.25, -0.2) is 22.6 Å². The molecule has 1 fully saturated rings. The number of carbonyl (C=O) groups is 2. The molecule has 1 atom stereocenters. The minimum Gasteiger partial charge on any atom is -0.322 e. The summed E-state index contributed by atoms with van der Waals surface area (Å²) in [5.41, 5.74) is 0.655. The first-order valence-electron chi connectivity index (χ1n) is 10.7. The summed E-state index contributed by atoms with van der Waals surface area (Å²) in [6.45, 7) is 0.362. The lowest BCUT2D eigenvalue weighted by atomic mass is 10.0. The van der Waals surface area contributed by atoms with Crippen molar-refractivity contribution in [3.8, 4) is 11.1 Å². The predicted octanol–water partition coefficient (Wildman–Crippen LogP) is 4.58. The Bertz CT molecular complexity index is 1380. The topological polar surface area (TPSA) is 108 Å². The lowest BCUT2D eigenvalue weighted by molar-refractivity contribution is -0.119.